The molecule has 0 saturated heterocycles. The first-order valence-electron chi connectivity index (χ1n) is 8.00. The summed E-state index contributed by atoms with van der Waals surface area (Å²) < 4.78 is 11.2. The smallest absolute Gasteiger partial charge is 0.213 e. The van der Waals surface area contributed by atoms with Crippen molar-refractivity contribution in [3.05, 3.63) is 23.4 Å². The molecule has 0 bridgehead atoms. The molecule has 1 heterocycles. The molecule has 0 aliphatic rings. The van der Waals surface area contributed by atoms with E-state index in [1.165, 1.54) is 5.56 Å². The number of pyridine rings is 1. The van der Waals surface area contributed by atoms with Crippen molar-refractivity contribution in [2.24, 2.45) is 5.92 Å². The normalized spacial score (nSPS) is 11.1. The molecular weight excluding hydrogens is 264 g/mol. The lowest BCUT2D eigenvalue weighted by atomic mass is 10.2. The van der Waals surface area contributed by atoms with Crippen LogP contribution in [-0.2, 0) is 11.3 Å². The van der Waals surface area contributed by atoms with Crippen LogP contribution in [-0.4, -0.2) is 31.3 Å². The molecule has 1 aromatic rings. The van der Waals surface area contributed by atoms with Gasteiger partial charge in [0.15, 0.2) is 0 Å². The summed E-state index contributed by atoms with van der Waals surface area (Å²) in [5.74, 6) is 1.35. The maximum absolute atomic E-state index is 5.67. The summed E-state index contributed by atoms with van der Waals surface area (Å²) in [5, 5.41) is 3.44. The van der Waals surface area contributed by atoms with Crippen LogP contribution in [0.3, 0.4) is 0 Å². The summed E-state index contributed by atoms with van der Waals surface area (Å²) in [4.78, 5) is 4.41. The summed E-state index contributed by atoms with van der Waals surface area (Å²) in [6.07, 6.45) is 2.27. The third-order valence-corrected chi connectivity index (χ3v) is 2.99. The fraction of sp³-hybridized carbons (Fsp3) is 0.706. The zero-order chi connectivity index (χ0) is 15.5. The molecule has 0 atom stereocenters. The van der Waals surface area contributed by atoms with Gasteiger partial charge >= 0.3 is 0 Å². The summed E-state index contributed by atoms with van der Waals surface area (Å²) in [6.45, 7) is 12.4. The van der Waals surface area contributed by atoms with Crippen LogP contribution >= 0.6 is 0 Å². The van der Waals surface area contributed by atoms with Crippen LogP contribution in [0.1, 0.15) is 44.9 Å². The summed E-state index contributed by atoms with van der Waals surface area (Å²) in [5.41, 5.74) is 2.20. The van der Waals surface area contributed by atoms with Crippen LogP contribution in [0.2, 0.25) is 0 Å². The average Bonchev–Trinajstić information content (AvgIpc) is 2.42. The molecule has 0 aliphatic carbocycles. The van der Waals surface area contributed by atoms with Gasteiger partial charge < -0.3 is 14.8 Å². The lowest BCUT2D eigenvalue weighted by molar-refractivity contribution is 0.0964. The second kappa shape index (κ2) is 10.6. The highest BCUT2D eigenvalue weighted by Gasteiger charge is 2.02. The van der Waals surface area contributed by atoms with Crippen molar-refractivity contribution in [3.8, 4) is 5.88 Å². The summed E-state index contributed by atoms with van der Waals surface area (Å²) in [6, 6.07) is 4.10. The van der Waals surface area contributed by atoms with Crippen molar-refractivity contribution in [2.45, 2.75) is 47.1 Å². The van der Waals surface area contributed by atoms with E-state index in [1.54, 1.807) is 0 Å². The molecule has 120 valence electrons. The van der Waals surface area contributed by atoms with Crippen LogP contribution in [0.25, 0.3) is 0 Å². The number of hydrogen-bond acceptors (Lipinski definition) is 4. The number of ether oxygens (including phenoxy) is 2. The molecule has 1 N–H and O–H groups in total. The number of nitrogens with one attached hydrogen (secondary N) is 1. The molecule has 0 radical (unpaired) electrons. The lowest BCUT2D eigenvalue weighted by Gasteiger charge is -2.11. The van der Waals surface area contributed by atoms with Crippen molar-refractivity contribution >= 4 is 0 Å². The molecule has 0 fully saturated rings. The van der Waals surface area contributed by atoms with Gasteiger partial charge in [-0.25, -0.2) is 4.98 Å². The zero-order valence-corrected chi connectivity index (χ0v) is 13.9. The third-order valence-electron chi connectivity index (χ3n) is 2.99. The molecule has 4 nitrogen and oxygen atoms in total. The Morgan fingerprint density at radius 3 is 2.71 bits per heavy atom. The maximum Gasteiger partial charge on any atom is 0.213 e. The molecule has 0 saturated carbocycles. The Bertz CT molecular complexity index is 394. The Morgan fingerprint density at radius 1 is 1.19 bits per heavy atom. The van der Waals surface area contributed by atoms with Gasteiger partial charge in [0.1, 0.15) is 6.61 Å². The zero-order valence-electron chi connectivity index (χ0n) is 13.9. The second-order valence-corrected chi connectivity index (χ2v) is 5.79. The molecule has 1 rings (SSSR count). The summed E-state index contributed by atoms with van der Waals surface area (Å²) >= 11 is 0. The van der Waals surface area contributed by atoms with Gasteiger partial charge in [0, 0.05) is 24.9 Å². The van der Waals surface area contributed by atoms with Crippen LogP contribution in [0.15, 0.2) is 12.1 Å². The first-order valence-corrected chi connectivity index (χ1v) is 8.00. The third kappa shape index (κ3) is 8.68. The Hall–Kier alpha value is -1.13. The molecule has 0 spiro atoms. The second-order valence-electron chi connectivity index (χ2n) is 5.79. The first-order chi connectivity index (χ1) is 10.1. The highest BCUT2D eigenvalue weighted by atomic mass is 16.5. The van der Waals surface area contributed by atoms with Crippen LogP contribution in [0, 0.1) is 12.8 Å². The Kier molecular flexibility index (Phi) is 9.02. The largest absolute Gasteiger partial charge is 0.475 e. The fourth-order valence-electron chi connectivity index (χ4n) is 1.94. The number of rotatable bonds is 11. The van der Waals surface area contributed by atoms with Gasteiger partial charge in [-0.05, 0) is 37.4 Å². The lowest BCUT2D eigenvalue weighted by Crippen LogP contribution is -2.19. The Morgan fingerprint density at radius 2 is 2.00 bits per heavy atom. The molecule has 0 aromatic carbocycles. The van der Waals surface area contributed by atoms with E-state index in [9.17, 15) is 0 Å². The molecule has 4 heteroatoms. The van der Waals surface area contributed by atoms with Crippen LogP contribution in [0.5, 0.6) is 5.88 Å². The van der Waals surface area contributed by atoms with Crippen LogP contribution < -0.4 is 10.1 Å². The number of nitrogens with zero attached hydrogens (tertiary/aromatic N) is 1. The van der Waals surface area contributed by atoms with Crippen molar-refractivity contribution in [1.29, 1.82) is 0 Å². The van der Waals surface area contributed by atoms with E-state index in [-0.39, 0.29) is 0 Å². The monoisotopic (exact) mass is 294 g/mol. The van der Waals surface area contributed by atoms with E-state index in [0.29, 0.717) is 25.0 Å². The van der Waals surface area contributed by atoms with Crippen molar-refractivity contribution in [2.75, 3.05) is 26.4 Å². The van der Waals surface area contributed by atoms with Gasteiger partial charge in [-0.3, -0.25) is 0 Å². The van der Waals surface area contributed by atoms with Crippen LogP contribution in [0.4, 0.5) is 0 Å². The van der Waals surface area contributed by atoms with E-state index in [1.807, 2.05) is 13.0 Å². The molecule has 0 unspecified atom stereocenters. The Labute approximate surface area is 129 Å². The van der Waals surface area contributed by atoms with E-state index in [4.69, 9.17) is 9.47 Å². The molecule has 0 aliphatic heterocycles. The molecule has 0 amide bonds. The van der Waals surface area contributed by atoms with Gasteiger partial charge in [-0.2, -0.15) is 0 Å². The maximum atomic E-state index is 5.67. The Balaban J connectivity index is 2.34. The average molecular weight is 294 g/mol. The minimum Gasteiger partial charge on any atom is -0.475 e. The predicted octanol–water partition coefficient (Wildman–Crippen LogP) is 3.33. The number of unbranched alkanes of at least 4 members (excludes halogenated alkanes) is 1. The number of aromatic nitrogens is 1. The van der Waals surface area contributed by atoms with E-state index in [0.717, 1.165) is 38.2 Å². The number of aryl methyl sites for hydroxylation is 1. The standard InChI is InChI=1S/C17H30N2O2/c1-5-6-7-20-8-9-21-17-11-16(10-15(4)19-17)13-18-12-14(2)3/h10-11,14,18H,5-9,12-13H2,1-4H3. The van der Waals surface area contributed by atoms with Gasteiger partial charge in [0.2, 0.25) is 5.88 Å². The predicted molar refractivity (Wildman–Crippen MR) is 86.7 cm³/mol. The van der Waals surface area contributed by atoms with E-state index < -0.39 is 0 Å². The SMILES string of the molecule is CCCCOCCOc1cc(CNCC(C)C)cc(C)n1. The fourth-order valence-corrected chi connectivity index (χ4v) is 1.94. The van der Waals surface area contributed by atoms with Gasteiger partial charge in [-0.15, -0.1) is 0 Å². The highest BCUT2D eigenvalue weighted by molar-refractivity contribution is 5.24. The summed E-state index contributed by atoms with van der Waals surface area (Å²) in [7, 11) is 0. The van der Waals surface area contributed by atoms with Gasteiger partial charge in [0.05, 0.1) is 6.61 Å². The van der Waals surface area contributed by atoms with Crippen molar-refractivity contribution < 1.29 is 9.47 Å². The minimum atomic E-state index is 0.555. The van der Waals surface area contributed by atoms with E-state index >= 15 is 0 Å². The quantitative estimate of drug-likeness (QED) is 0.636. The molecular formula is C17H30N2O2. The number of hydrogen-bond donors (Lipinski definition) is 1. The van der Waals surface area contributed by atoms with Crippen molar-refractivity contribution in [3.63, 3.8) is 0 Å². The topological polar surface area (TPSA) is 43.4 Å². The first kappa shape index (κ1) is 17.9. The molecule has 21 heavy (non-hydrogen) atoms. The van der Waals surface area contributed by atoms with Gasteiger partial charge in [0.25, 0.3) is 0 Å². The van der Waals surface area contributed by atoms with Crippen molar-refractivity contribution in [1.82, 2.24) is 10.3 Å². The van der Waals surface area contributed by atoms with Gasteiger partial charge in [-0.1, -0.05) is 27.2 Å². The highest BCUT2D eigenvalue weighted by Crippen LogP contribution is 2.12. The molecule has 1 aromatic heterocycles. The van der Waals surface area contributed by atoms with E-state index in [2.05, 4.69) is 37.1 Å². The minimum absolute atomic E-state index is 0.555.